The maximum atomic E-state index is 12.6. The summed E-state index contributed by atoms with van der Waals surface area (Å²) in [6.07, 6.45) is 0.890. The Kier molecular flexibility index (Phi) is 6.45. The molecule has 2 aromatic carbocycles. The third-order valence-corrected chi connectivity index (χ3v) is 4.59. The molecule has 0 aliphatic rings. The molecule has 3 nitrogen and oxygen atoms in total. The van der Waals surface area contributed by atoms with Crippen LogP contribution in [0.2, 0.25) is 0 Å². The molecular weight excluding hydrogens is 401 g/mol. The van der Waals surface area contributed by atoms with Crippen LogP contribution >= 0.6 is 22.6 Å². The molecule has 0 spiro atoms. The van der Waals surface area contributed by atoms with Crippen molar-refractivity contribution in [2.24, 2.45) is 5.92 Å². The van der Waals surface area contributed by atoms with Crippen molar-refractivity contribution >= 4 is 28.5 Å². The second-order valence-electron chi connectivity index (χ2n) is 5.91. The van der Waals surface area contributed by atoms with Crippen LogP contribution in [0.4, 0.5) is 0 Å². The summed E-state index contributed by atoms with van der Waals surface area (Å²) in [4.78, 5) is 12.6. The number of carbonyl (C=O) groups excluding carboxylic acids is 1. The van der Waals surface area contributed by atoms with Crippen molar-refractivity contribution in [2.75, 3.05) is 7.11 Å². The topological polar surface area (TPSA) is 38.3 Å². The van der Waals surface area contributed by atoms with Crippen LogP contribution < -0.4 is 10.1 Å². The van der Waals surface area contributed by atoms with Gasteiger partial charge in [-0.3, -0.25) is 4.79 Å². The lowest BCUT2D eigenvalue weighted by Gasteiger charge is -2.22. The van der Waals surface area contributed by atoms with Crippen molar-refractivity contribution in [1.29, 1.82) is 0 Å². The van der Waals surface area contributed by atoms with E-state index in [2.05, 4.69) is 41.8 Å². The first-order chi connectivity index (χ1) is 11.0. The molecule has 0 radical (unpaired) electrons. The number of hydrogen-bond donors (Lipinski definition) is 1. The zero-order valence-electron chi connectivity index (χ0n) is 13.7. The van der Waals surface area contributed by atoms with E-state index >= 15 is 0 Å². The summed E-state index contributed by atoms with van der Waals surface area (Å²) in [5, 5.41) is 3.17. The first-order valence-corrected chi connectivity index (χ1v) is 8.78. The smallest absolute Gasteiger partial charge is 0.252 e. The zero-order chi connectivity index (χ0) is 16.8. The minimum atomic E-state index is -0.0310. The molecule has 0 aromatic heterocycles. The molecule has 0 aliphatic carbocycles. The molecule has 2 aromatic rings. The summed E-state index contributed by atoms with van der Waals surface area (Å²) < 4.78 is 6.17. The molecule has 0 aliphatic heterocycles. The summed E-state index contributed by atoms with van der Waals surface area (Å²) >= 11 is 2.19. The Balaban J connectivity index is 2.21. The molecule has 1 atom stereocenters. The van der Waals surface area contributed by atoms with Gasteiger partial charge < -0.3 is 10.1 Å². The quantitative estimate of drug-likeness (QED) is 0.677. The number of hydrogen-bond acceptors (Lipinski definition) is 2. The first kappa shape index (κ1) is 17.8. The largest absolute Gasteiger partial charge is 0.497 e. The normalized spacial score (nSPS) is 12.0. The second-order valence-corrected chi connectivity index (χ2v) is 7.07. The van der Waals surface area contributed by atoms with Crippen molar-refractivity contribution in [3.63, 3.8) is 0 Å². The minimum Gasteiger partial charge on any atom is -0.497 e. The fourth-order valence-electron chi connectivity index (χ4n) is 2.47. The van der Waals surface area contributed by atoms with Gasteiger partial charge >= 0.3 is 0 Å². The van der Waals surface area contributed by atoms with E-state index in [4.69, 9.17) is 4.74 Å². The molecule has 0 saturated heterocycles. The molecule has 0 heterocycles. The summed E-state index contributed by atoms with van der Waals surface area (Å²) in [6.45, 7) is 4.32. The number of carbonyl (C=O) groups is 1. The Labute approximate surface area is 151 Å². The monoisotopic (exact) mass is 423 g/mol. The van der Waals surface area contributed by atoms with Crippen molar-refractivity contribution < 1.29 is 9.53 Å². The molecule has 2 rings (SSSR count). The third-order valence-electron chi connectivity index (χ3n) is 3.65. The van der Waals surface area contributed by atoms with Crippen molar-refractivity contribution in [3.8, 4) is 5.75 Å². The molecule has 1 amide bonds. The first-order valence-electron chi connectivity index (χ1n) is 7.70. The number of methoxy groups -OCH3 is 1. The maximum Gasteiger partial charge on any atom is 0.252 e. The van der Waals surface area contributed by atoms with E-state index in [1.54, 1.807) is 7.11 Å². The second kappa shape index (κ2) is 8.34. The highest BCUT2D eigenvalue weighted by Crippen LogP contribution is 2.24. The molecule has 0 saturated carbocycles. The Morgan fingerprint density at radius 2 is 1.78 bits per heavy atom. The van der Waals surface area contributed by atoms with Crippen molar-refractivity contribution in [3.05, 3.63) is 63.2 Å². The van der Waals surface area contributed by atoms with E-state index in [0.717, 1.165) is 26.9 Å². The van der Waals surface area contributed by atoms with Gasteiger partial charge in [-0.2, -0.15) is 0 Å². The maximum absolute atomic E-state index is 12.6. The van der Waals surface area contributed by atoms with Crippen LogP contribution in [-0.4, -0.2) is 13.0 Å². The van der Waals surface area contributed by atoms with E-state index in [1.807, 2.05) is 48.5 Å². The predicted molar refractivity (Wildman–Crippen MR) is 102 cm³/mol. The van der Waals surface area contributed by atoms with Gasteiger partial charge in [0.1, 0.15) is 5.75 Å². The molecule has 0 unspecified atom stereocenters. The molecule has 0 bridgehead atoms. The van der Waals surface area contributed by atoms with E-state index in [0.29, 0.717) is 5.92 Å². The Morgan fingerprint density at radius 1 is 1.13 bits per heavy atom. The van der Waals surface area contributed by atoms with Crippen LogP contribution in [0.25, 0.3) is 0 Å². The molecule has 23 heavy (non-hydrogen) atoms. The van der Waals surface area contributed by atoms with Crippen molar-refractivity contribution in [1.82, 2.24) is 5.32 Å². The van der Waals surface area contributed by atoms with Crippen LogP contribution in [-0.2, 0) is 0 Å². The van der Waals surface area contributed by atoms with Gasteiger partial charge in [-0.25, -0.2) is 0 Å². The molecular formula is C19H22INO2. The number of benzene rings is 2. The van der Waals surface area contributed by atoms with E-state index in [9.17, 15) is 4.79 Å². The molecule has 1 N–H and O–H groups in total. The molecule has 4 heteroatoms. The number of rotatable bonds is 6. The average Bonchev–Trinajstić information content (AvgIpc) is 2.54. The van der Waals surface area contributed by atoms with Crippen LogP contribution in [0.3, 0.4) is 0 Å². The van der Waals surface area contributed by atoms with Gasteiger partial charge in [0.15, 0.2) is 0 Å². The van der Waals surface area contributed by atoms with E-state index in [-0.39, 0.29) is 11.9 Å². The fourth-order valence-corrected chi connectivity index (χ4v) is 3.10. The van der Waals surface area contributed by atoms with Crippen LogP contribution in [0, 0.1) is 9.49 Å². The minimum absolute atomic E-state index is 0.00980. The highest BCUT2D eigenvalue weighted by Gasteiger charge is 2.18. The predicted octanol–water partition coefficient (Wildman–Crippen LogP) is 4.82. The lowest BCUT2D eigenvalue weighted by molar-refractivity contribution is 0.0931. The number of ether oxygens (including phenoxy) is 1. The van der Waals surface area contributed by atoms with Gasteiger partial charge in [0, 0.05) is 3.57 Å². The van der Waals surface area contributed by atoms with Gasteiger partial charge in [-0.1, -0.05) is 38.1 Å². The highest BCUT2D eigenvalue weighted by atomic mass is 127. The number of amides is 1. The Morgan fingerprint density at radius 3 is 2.35 bits per heavy atom. The lowest BCUT2D eigenvalue weighted by atomic mass is 9.96. The highest BCUT2D eigenvalue weighted by molar-refractivity contribution is 14.1. The van der Waals surface area contributed by atoms with Gasteiger partial charge in [0.25, 0.3) is 5.91 Å². The summed E-state index contributed by atoms with van der Waals surface area (Å²) in [7, 11) is 1.65. The SMILES string of the molecule is COc1ccc([C@H](CC(C)C)NC(=O)c2ccccc2I)cc1. The number of halogens is 1. The van der Waals surface area contributed by atoms with Crippen LogP contribution in [0.1, 0.15) is 42.2 Å². The lowest BCUT2D eigenvalue weighted by Crippen LogP contribution is -2.30. The standard InChI is InChI=1S/C19H22INO2/c1-13(2)12-18(14-8-10-15(23-3)11-9-14)21-19(22)16-6-4-5-7-17(16)20/h4-11,13,18H,12H2,1-3H3,(H,21,22)/t18-/m0/s1. The van der Waals surface area contributed by atoms with Gasteiger partial charge in [0.05, 0.1) is 18.7 Å². The van der Waals surface area contributed by atoms with Gasteiger partial charge in [-0.05, 0) is 64.8 Å². The average molecular weight is 423 g/mol. The number of nitrogens with one attached hydrogen (secondary N) is 1. The van der Waals surface area contributed by atoms with Crippen LogP contribution in [0.15, 0.2) is 48.5 Å². The van der Waals surface area contributed by atoms with Crippen molar-refractivity contribution in [2.45, 2.75) is 26.3 Å². The van der Waals surface area contributed by atoms with E-state index in [1.165, 1.54) is 0 Å². The van der Waals surface area contributed by atoms with Crippen LogP contribution in [0.5, 0.6) is 5.75 Å². The molecule has 122 valence electrons. The Bertz CT molecular complexity index is 653. The summed E-state index contributed by atoms with van der Waals surface area (Å²) in [6, 6.07) is 15.5. The van der Waals surface area contributed by atoms with Gasteiger partial charge in [-0.15, -0.1) is 0 Å². The Hall–Kier alpha value is -1.56. The fraction of sp³-hybridized carbons (Fsp3) is 0.316. The summed E-state index contributed by atoms with van der Waals surface area (Å²) in [5.41, 5.74) is 1.81. The zero-order valence-corrected chi connectivity index (χ0v) is 15.8. The third kappa shape index (κ3) is 4.96. The molecule has 0 fully saturated rings. The van der Waals surface area contributed by atoms with E-state index < -0.39 is 0 Å². The summed E-state index contributed by atoms with van der Waals surface area (Å²) in [5.74, 6) is 1.27. The van der Waals surface area contributed by atoms with Gasteiger partial charge in [0.2, 0.25) is 0 Å².